The Morgan fingerprint density at radius 2 is 1.78 bits per heavy atom. The molecule has 2 aliphatic heterocycles. The molecule has 7 heteroatoms. The third-order valence-electron chi connectivity index (χ3n) is 6.43. The number of β-amino-alcohol motifs (C(OH)–C–C–N with tert-alkyl or cyclic N) is 1. The Morgan fingerprint density at radius 3 is 2.53 bits per heavy atom. The molecular formula is C25H30FN3O3. The smallest absolute Gasteiger partial charge is 0.255 e. The molecule has 32 heavy (non-hydrogen) atoms. The number of benzene rings is 2. The maximum absolute atomic E-state index is 13.9. The van der Waals surface area contributed by atoms with Crippen LogP contribution in [0.1, 0.15) is 41.8 Å². The van der Waals surface area contributed by atoms with Gasteiger partial charge in [0, 0.05) is 26.2 Å². The fraction of sp³-hybridized carbons (Fsp3) is 0.440. The van der Waals surface area contributed by atoms with Crippen molar-refractivity contribution in [1.82, 2.24) is 15.1 Å². The van der Waals surface area contributed by atoms with Gasteiger partial charge in [0.15, 0.2) is 0 Å². The summed E-state index contributed by atoms with van der Waals surface area (Å²) in [5.41, 5.74) is 0.315. The molecule has 0 aromatic heterocycles. The zero-order valence-electron chi connectivity index (χ0n) is 18.6. The van der Waals surface area contributed by atoms with Crippen molar-refractivity contribution in [1.29, 1.82) is 0 Å². The first kappa shape index (κ1) is 22.4. The Hall–Kier alpha value is -2.77. The number of rotatable bonds is 5. The van der Waals surface area contributed by atoms with E-state index in [9.17, 15) is 19.1 Å². The van der Waals surface area contributed by atoms with E-state index in [1.165, 1.54) is 29.3 Å². The highest BCUT2D eigenvalue weighted by Gasteiger charge is 2.44. The van der Waals surface area contributed by atoms with Crippen molar-refractivity contribution in [3.8, 4) is 0 Å². The molecule has 0 saturated carbocycles. The fourth-order valence-electron chi connectivity index (χ4n) is 4.71. The Morgan fingerprint density at radius 1 is 1.09 bits per heavy atom. The summed E-state index contributed by atoms with van der Waals surface area (Å²) in [5, 5.41) is 13.8. The van der Waals surface area contributed by atoms with Crippen LogP contribution in [0.2, 0.25) is 0 Å². The molecule has 2 amide bonds. The van der Waals surface area contributed by atoms with E-state index in [0.717, 1.165) is 19.5 Å². The summed E-state index contributed by atoms with van der Waals surface area (Å²) >= 11 is 0. The topological polar surface area (TPSA) is 72.9 Å². The number of nitrogens with zero attached hydrogens (tertiary/aromatic N) is 2. The molecule has 0 unspecified atom stereocenters. The first-order chi connectivity index (χ1) is 15.2. The van der Waals surface area contributed by atoms with Gasteiger partial charge >= 0.3 is 0 Å². The quantitative estimate of drug-likeness (QED) is 0.750. The predicted octanol–water partition coefficient (Wildman–Crippen LogP) is 2.36. The van der Waals surface area contributed by atoms with Crippen molar-refractivity contribution < 1.29 is 19.1 Å². The van der Waals surface area contributed by atoms with Gasteiger partial charge in [-0.3, -0.25) is 14.5 Å². The van der Waals surface area contributed by atoms with Gasteiger partial charge in [0.05, 0.1) is 17.7 Å². The summed E-state index contributed by atoms with van der Waals surface area (Å²) in [6.45, 7) is 5.99. The van der Waals surface area contributed by atoms with Crippen LogP contribution in [-0.4, -0.2) is 64.0 Å². The van der Waals surface area contributed by atoms with Crippen molar-refractivity contribution >= 4 is 11.8 Å². The van der Waals surface area contributed by atoms with E-state index in [1.807, 2.05) is 6.07 Å². The number of fused-ring (bicyclic) bond motifs is 1. The number of hydrogen-bond acceptors (Lipinski definition) is 4. The van der Waals surface area contributed by atoms with E-state index in [-0.39, 0.29) is 18.0 Å². The third-order valence-corrected chi connectivity index (χ3v) is 6.43. The van der Waals surface area contributed by atoms with Crippen LogP contribution >= 0.6 is 0 Å². The minimum atomic E-state index is -1.23. The summed E-state index contributed by atoms with van der Waals surface area (Å²) in [5.74, 6) is -1.56. The molecule has 2 N–H and O–H groups in total. The average Bonchev–Trinajstić information content (AvgIpc) is 3.14. The van der Waals surface area contributed by atoms with E-state index >= 15 is 0 Å². The molecule has 4 rings (SSSR count). The Balaban J connectivity index is 1.37. The first-order valence-corrected chi connectivity index (χ1v) is 11.0. The van der Waals surface area contributed by atoms with E-state index in [2.05, 4.69) is 28.4 Å². The maximum atomic E-state index is 13.9. The Kier molecular flexibility index (Phi) is 6.05. The predicted molar refractivity (Wildman–Crippen MR) is 120 cm³/mol. The number of hydrogen-bond donors (Lipinski definition) is 2. The number of carbonyl (C=O) groups is 2. The molecule has 2 aliphatic rings. The van der Waals surface area contributed by atoms with E-state index in [4.69, 9.17) is 0 Å². The Labute approximate surface area is 188 Å². The number of carbonyl (C=O) groups excluding carboxylic acids is 2. The van der Waals surface area contributed by atoms with Crippen LogP contribution in [0.25, 0.3) is 0 Å². The zero-order valence-corrected chi connectivity index (χ0v) is 18.6. The van der Waals surface area contributed by atoms with E-state index in [1.54, 1.807) is 24.8 Å². The van der Waals surface area contributed by atoms with Crippen LogP contribution < -0.4 is 5.32 Å². The molecule has 1 saturated heterocycles. The van der Waals surface area contributed by atoms with Gasteiger partial charge < -0.3 is 15.3 Å². The molecule has 170 valence electrons. The summed E-state index contributed by atoms with van der Waals surface area (Å²) < 4.78 is 13.9. The van der Waals surface area contributed by atoms with Crippen LogP contribution in [0.3, 0.4) is 0 Å². The second-order valence-corrected chi connectivity index (χ2v) is 9.49. The lowest BCUT2D eigenvalue weighted by Gasteiger charge is -2.35. The first-order valence-electron chi connectivity index (χ1n) is 11.0. The molecule has 6 nitrogen and oxygen atoms in total. The van der Waals surface area contributed by atoms with Crippen LogP contribution in [0, 0.1) is 5.82 Å². The molecule has 0 bridgehead atoms. The minimum Gasteiger partial charge on any atom is -0.387 e. The van der Waals surface area contributed by atoms with Gasteiger partial charge in [-0.25, -0.2) is 4.39 Å². The molecule has 0 aliphatic carbocycles. The molecule has 2 aromatic rings. The number of amides is 2. The van der Waals surface area contributed by atoms with Crippen LogP contribution in [0.5, 0.6) is 0 Å². The zero-order chi connectivity index (χ0) is 22.9. The minimum absolute atomic E-state index is 0.100. The lowest BCUT2D eigenvalue weighted by molar-refractivity contribution is -0.136. The third kappa shape index (κ3) is 4.69. The van der Waals surface area contributed by atoms with Crippen LogP contribution in [0.4, 0.5) is 4.39 Å². The SMILES string of the molecule is CC(C)(NC(=O)c1ccccc1F)C(=O)N1CC[C@@](O)(CN2CCc3ccccc3C2)C1. The standard InChI is InChI=1S/C25H30FN3O3/c1-24(2,27-22(30)20-9-5-6-10-21(20)26)23(31)29-14-12-25(32,17-29)16-28-13-11-18-7-3-4-8-19(18)15-28/h3-10,32H,11-17H2,1-2H3,(H,27,30)/t25-/m1/s1. The lowest BCUT2D eigenvalue weighted by atomic mass is 9.96. The highest BCUT2D eigenvalue weighted by molar-refractivity contribution is 5.99. The average molecular weight is 440 g/mol. The summed E-state index contributed by atoms with van der Waals surface area (Å²) in [7, 11) is 0. The van der Waals surface area contributed by atoms with Crippen molar-refractivity contribution in [3.63, 3.8) is 0 Å². The summed E-state index contributed by atoms with van der Waals surface area (Å²) in [6.07, 6.45) is 1.43. The van der Waals surface area contributed by atoms with Gasteiger partial charge in [-0.1, -0.05) is 36.4 Å². The monoisotopic (exact) mass is 439 g/mol. The molecule has 0 spiro atoms. The normalized spacial score (nSPS) is 21.3. The molecule has 2 aromatic carbocycles. The number of nitrogens with one attached hydrogen (secondary N) is 1. The van der Waals surface area contributed by atoms with Gasteiger partial charge in [0.2, 0.25) is 5.91 Å². The van der Waals surface area contributed by atoms with Crippen LogP contribution in [0.15, 0.2) is 48.5 Å². The van der Waals surface area contributed by atoms with Crippen molar-refractivity contribution in [2.24, 2.45) is 0 Å². The number of likely N-dealkylation sites (tertiary alicyclic amines) is 1. The van der Waals surface area contributed by atoms with Crippen molar-refractivity contribution in [3.05, 3.63) is 71.0 Å². The number of halogens is 1. The highest BCUT2D eigenvalue weighted by atomic mass is 19.1. The Bertz CT molecular complexity index is 1020. The lowest BCUT2D eigenvalue weighted by Crippen LogP contribution is -2.56. The van der Waals surface area contributed by atoms with Gasteiger partial charge in [-0.2, -0.15) is 0 Å². The number of aliphatic hydroxyl groups is 1. The molecule has 2 heterocycles. The second-order valence-electron chi connectivity index (χ2n) is 9.49. The van der Waals surface area contributed by atoms with Gasteiger partial charge in [-0.05, 0) is 49.9 Å². The van der Waals surface area contributed by atoms with Gasteiger partial charge in [-0.15, -0.1) is 0 Å². The van der Waals surface area contributed by atoms with Crippen LogP contribution in [-0.2, 0) is 17.8 Å². The molecule has 1 fully saturated rings. The highest BCUT2D eigenvalue weighted by Crippen LogP contribution is 2.27. The summed E-state index contributed by atoms with van der Waals surface area (Å²) in [4.78, 5) is 29.5. The van der Waals surface area contributed by atoms with Crippen molar-refractivity contribution in [2.75, 3.05) is 26.2 Å². The van der Waals surface area contributed by atoms with Gasteiger partial charge in [0.25, 0.3) is 5.91 Å². The largest absolute Gasteiger partial charge is 0.387 e. The van der Waals surface area contributed by atoms with Crippen molar-refractivity contribution in [2.45, 2.75) is 44.4 Å². The molecule has 1 atom stereocenters. The maximum Gasteiger partial charge on any atom is 0.255 e. The summed E-state index contributed by atoms with van der Waals surface area (Å²) in [6, 6.07) is 14.0. The van der Waals surface area contributed by atoms with E-state index in [0.29, 0.717) is 19.5 Å². The second kappa shape index (κ2) is 8.64. The molecular weight excluding hydrogens is 409 g/mol. The fourth-order valence-corrected chi connectivity index (χ4v) is 4.71. The van der Waals surface area contributed by atoms with Gasteiger partial charge in [0.1, 0.15) is 11.4 Å². The van der Waals surface area contributed by atoms with E-state index < -0.39 is 22.9 Å². The molecule has 0 radical (unpaired) electrons.